The van der Waals surface area contributed by atoms with Crippen LogP contribution in [0.4, 0.5) is 5.69 Å². The lowest BCUT2D eigenvalue weighted by atomic mass is 10.1. The largest absolute Gasteiger partial charge is 0.326 e. The van der Waals surface area contributed by atoms with Gasteiger partial charge in [0.2, 0.25) is 5.91 Å². The number of halogens is 2. The van der Waals surface area contributed by atoms with Gasteiger partial charge in [0.05, 0.1) is 5.92 Å². The van der Waals surface area contributed by atoms with Crippen molar-refractivity contribution in [2.75, 3.05) is 5.32 Å². The molecule has 114 valence electrons. The van der Waals surface area contributed by atoms with Crippen LogP contribution in [0.1, 0.15) is 24.0 Å². The van der Waals surface area contributed by atoms with Gasteiger partial charge in [0.25, 0.3) is 0 Å². The Morgan fingerprint density at radius 2 is 1.73 bits per heavy atom. The molecular formula is C18H17Cl2NO. The van der Waals surface area contributed by atoms with Gasteiger partial charge in [0.15, 0.2) is 0 Å². The molecule has 1 saturated carbocycles. The first-order valence-electron chi connectivity index (χ1n) is 7.36. The van der Waals surface area contributed by atoms with Crippen LogP contribution in [0.2, 0.25) is 0 Å². The van der Waals surface area contributed by atoms with Crippen molar-refractivity contribution in [2.45, 2.75) is 23.6 Å². The van der Waals surface area contributed by atoms with E-state index in [4.69, 9.17) is 23.2 Å². The van der Waals surface area contributed by atoms with Crippen LogP contribution in [-0.2, 0) is 11.2 Å². The fraction of sp³-hybridized carbons (Fsp3) is 0.278. The molecule has 1 fully saturated rings. The first-order chi connectivity index (χ1) is 10.5. The molecule has 4 heteroatoms. The summed E-state index contributed by atoms with van der Waals surface area (Å²) in [6, 6.07) is 17.5. The number of alkyl halides is 2. The van der Waals surface area contributed by atoms with Crippen molar-refractivity contribution in [3.05, 3.63) is 65.7 Å². The zero-order valence-corrected chi connectivity index (χ0v) is 13.7. The number of carbonyl (C=O) groups is 1. The van der Waals surface area contributed by atoms with E-state index in [0.29, 0.717) is 0 Å². The van der Waals surface area contributed by atoms with Crippen LogP contribution in [-0.4, -0.2) is 10.2 Å². The van der Waals surface area contributed by atoms with E-state index in [1.807, 2.05) is 54.6 Å². The third kappa shape index (κ3) is 2.86. The van der Waals surface area contributed by atoms with Gasteiger partial charge in [-0.05, 0) is 29.7 Å². The van der Waals surface area contributed by atoms with E-state index in [9.17, 15) is 4.79 Å². The number of anilines is 1. The second-order valence-corrected chi connectivity index (χ2v) is 7.02. The minimum absolute atomic E-state index is 0.136. The number of benzene rings is 2. The lowest BCUT2D eigenvalue weighted by Gasteiger charge is -2.06. The van der Waals surface area contributed by atoms with Gasteiger partial charge in [-0.15, -0.1) is 23.2 Å². The Morgan fingerprint density at radius 1 is 1.09 bits per heavy atom. The summed E-state index contributed by atoms with van der Waals surface area (Å²) in [7, 11) is 0. The number of carbonyl (C=O) groups excluding carboxylic acids is 1. The highest BCUT2D eigenvalue weighted by Gasteiger charge is 2.67. The van der Waals surface area contributed by atoms with Crippen LogP contribution < -0.4 is 5.32 Å². The topological polar surface area (TPSA) is 29.1 Å². The van der Waals surface area contributed by atoms with Gasteiger partial charge in [0.1, 0.15) is 4.33 Å². The molecule has 0 aromatic heterocycles. The Hall–Kier alpha value is -1.51. The minimum atomic E-state index is -1.03. The Balaban J connectivity index is 1.72. The molecule has 1 amide bonds. The molecular weight excluding hydrogens is 317 g/mol. The zero-order valence-electron chi connectivity index (χ0n) is 12.2. The molecule has 2 atom stereocenters. The van der Waals surface area contributed by atoms with Gasteiger partial charge in [-0.3, -0.25) is 4.79 Å². The van der Waals surface area contributed by atoms with Crippen molar-refractivity contribution in [3.8, 4) is 0 Å². The predicted molar refractivity (Wildman–Crippen MR) is 91.6 cm³/mol. The van der Waals surface area contributed by atoms with Gasteiger partial charge in [-0.2, -0.15) is 0 Å². The van der Waals surface area contributed by atoms with Gasteiger partial charge in [-0.25, -0.2) is 0 Å². The second-order valence-electron chi connectivity index (χ2n) is 5.58. The molecule has 2 nitrogen and oxygen atoms in total. The maximum atomic E-state index is 12.4. The van der Waals surface area contributed by atoms with Crippen molar-refractivity contribution in [1.82, 2.24) is 0 Å². The number of nitrogens with one attached hydrogen (secondary N) is 1. The lowest BCUT2D eigenvalue weighted by molar-refractivity contribution is -0.117. The Labute approximate surface area is 140 Å². The summed E-state index contributed by atoms with van der Waals surface area (Å²) in [4.78, 5) is 12.4. The highest BCUT2D eigenvalue weighted by Crippen LogP contribution is 2.65. The highest BCUT2D eigenvalue weighted by atomic mass is 35.5. The second kappa shape index (κ2) is 5.94. The molecule has 2 aromatic rings. The number of aryl methyl sites for hydroxylation is 1. The summed E-state index contributed by atoms with van der Waals surface area (Å²) in [5, 5.41) is 2.90. The minimum Gasteiger partial charge on any atom is -0.326 e. The molecule has 0 heterocycles. The fourth-order valence-electron chi connectivity index (χ4n) is 2.77. The molecule has 0 spiro atoms. The fourth-order valence-corrected chi connectivity index (χ4v) is 3.60. The molecule has 0 bridgehead atoms. The average molecular weight is 334 g/mol. The van der Waals surface area contributed by atoms with E-state index in [1.165, 1.54) is 5.56 Å². The molecule has 0 aliphatic heterocycles. The van der Waals surface area contributed by atoms with Crippen molar-refractivity contribution >= 4 is 34.8 Å². The number of hydrogen-bond donors (Lipinski definition) is 1. The van der Waals surface area contributed by atoms with Crippen molar-refractivity contribution in [2.24, 2.45) is 5.92 Å². The lowest BCUT2D eigenvalue weighted by Crippen LogP contribution is -2.17. The summed E-state index contributed by atoms with van der Waals surface area (Å²) in [5.74, 6) is -0.723. The quantitative estimate of drug-likeness (QED) is 0.802. The third-order valence-electron chi connectivity index (χ3n) is 4.12. The summed E-state index contributed by atoms with van der Waals surface area (Å²) in [5.41, 5.74) is 3.00. The molecule has 2 aromatic carbocycles. The standard InChI is InChI=1S/C18H17Cl2NO/c1-2-12-8-10-14(11-9-12)21-17(22)16-15(18(16,19)20)13-6-4-3-5-7-13/h3-11,15-16H,2H2,1H3,(H,21,22)/t15-,16-/m1/s1. The molecule has 1 aliphatic rings. The average Bonchev–Trinajstić information content (AvgIpc) is 3.11. The van der Waals surface area contributed by atoms with Gasteiger partial charge in [-0.1, -0.05) is 49.4 Å². The predicted octanol–water partition coefficient (Wildman–Crippen LogP) is 4.78. The van der Waals surface area contributed by atoms with Crippen molar-refractivity contribution in [1.29, 1.82) is 0 Å². The monoisotopic (exact) mass is 333 g/mol. The molecule has 3 rings (SSSR count). The van der Waals surface area contributed by atoms with Crippen molar-refractivity contribution in [3.63, 3.8) is 0 Å². The van der Waals surface area contributed by atoms with E-state index in [1.54, 1.807) is 0 Å². The van der Waals surface area contributed by atoms with E-state index in [2.05, 4.69) is 12.2 Å². The molecule has 0 radical (unpaired) electrons. The number of hydrogen-bond acceptors (Lipinski definition) is 1. The molecule has 22 heavy (non-hydrogen) atoms. The summed E-state index contributed by atoms with van der Waals surface area (Å²) in [6.45, 7) is 2.09. The van der Waals surface area contributed by atoms with Crippen LogP contribution in [0.25, 0.3) is 0 Å². The first kappa shape index (κ1) is 15.4. The van der Waals surface area contributed by atoms with E-state index in [-0.39, 0.29) is 11.8 Å². The van der Waals surface area contributed by atoms with E-state index < -0.39 is 10.3 Å². The normalized spacial score (nSPS) is 22.1. The Bertz CT molecular complexity index is 667. The number of rotatable bonds is 4. The van der Waals surface area contributed by atoms with Gasteiger partial charge in [0, 0.05) is 11.6 Å². The van der Waals surface area contributed by atoms with Crippen LogP contribution in [0.15, 0.2) is 54.6 Å². The van der Waals surface area contributed by atoms with Gasteiger partial charge >= 0.3 is 0 Å². The Kier molecular flexibility index (Phi) is 4.16. The maximum Gasteiger partial charge on any atom is 0.231 e. The van der Waals surface area contributed by atoms with Crippen LogP contribution in [0.5, 0.6) is 0 Å². The molecule has 0 unspecified atom stereocenters. The van der Waals surface area contributed by atoms with E-state index in [0.717, 1.165) is 17.7 Å². The third-order valence-corrected chi connectivity index (χ3v) is 5.06. The zero-order chi connectivity index (χ0) is 15.7. The summed E-state index contributed by atoms with van der Waals surface area (Å²) >= 11 is 12.6. The first-order valence-corrected chi connectivity index (χ1v) is 8.12. The smallest absolute Gasteiger partial charge is 0.231 e. The van der Waals surface area contributed by atoms with Crippen molar-refractivity contribution < 1.29 is 4.79 Å². The SMILES string of the molecule is CCc1ccc(NC(=O)[C@H]2[C@@H](c3ccccc3)C2(Cl)Cl)cc1. The molecule has 0 saturated heterocycles. The van der Waals surface area contributed by atoms with Crippen LogP contribution >= 0.6 is 23.2 Å². The van der Waals surface area contributed by atoms with Crippen LogP contribution in [0.3, 0.4) is 0 Å². The number of amides is 1. The van der Waals surface area contributed by atoms with Crippen LogP contribution in [0, 0.1) is 5.92 Å². The van der Waals surface area contributed by atoms with E-state index >= 15 is 0 Å². The summed E-state index contributed by atoms with van der Waals surface area (Å²) < 4.78 is -1.03. The molecule has 1 aliphatic carbocycles. The highest BCUT2D eigenvalue weighted by molar-refractivity contribution is 6.53. The molecule has 1 N–H and O–H groups in total. The Morgan fingerprint density at radius 3 is 2.32 bits per heavy atom. The van der Waals surface area contributed by atoms with Gasteiger partial charge < -0.3 is 5.32 Å². The maximum absolute atomic E-state index is 12.4. The summed E-state index contributed by atoms with van der Waals surface area (Å²) in [6.07, 6.45) is 0.972.